The van der Waals surface area contributed by atoms with E-state index in [1.54, 1.807) is 24.3 Å². The molecule has 0 atom stereocenters. The molecule has 1 aromatic carbocycles. The van der Waals surface area contributed by atoms with Gasteiger partial charge in [0.05, 0.1) is 6.61 Å². The van der Waals surface area contributed by atoms with Crippen molar-refractivity contribution in [2.75, 3.05) is 24.9 Å². The number of nitrogens with zero attached hydrogens (tertiary/aromatic N) is 1. The lowest BCUT2D eigenvalue weighted by atomic mass is 10.2. The summed E-state index contributed by atoms with van der Waals surface area (Å²) in [5, 5.41) is 8.89. The Morgan fingerprint density at radius 3 is 2.44 bits per heavy atom. The quantitative estimate of drug-likeness (QED) is 0.657. The van der Waals surface area contributed by atoms with Crippen LogP contribution in [0.1, 0.15) is 12.0 Å². The fourth-order valence-corrected chi connectivity index (χ4v) is 2.30. The van der Waals surface area contributed by atoms with Gasteiger partial charge in [-0.3, -0.25) is 4.72 Å². The van der Waals surface area contributed by atoms with E-state index >= 15 is 0 Å². The van der Waals surface area contributed by atoms with E-state index in [9.17, 15) is 8.42 Å². The van der Waals surface area contributed by atoms with Gasteiger partial charge in [-0.1, -0.05) is 12.1 Å². The van der Waals surface area contributed by atoms with Crippen molar-refractivity contribution < 1.29 is 13.5 Å². The predicted molar refractivity (Wildman–Crippen MR) is 71.2 cm³/mol. The monoisotopic (exact) mass is 273 g/mol. The molecule has 0 aromatic heterocycles. The predicted octanol–water partition coefficient (Wildman–Crippen LogP) is 0.116. The van der Waals surface area contributed by atoms with Crippen LogP contribution < -0.4 is 10.5 Å². The number of benzene rings is 1. The lowest BCUT2D eigenvalue weighted by Crippen LogP contribution is -2.34. The molecule has 18 heavy (non-hydrogen) atoms. The number of aliphatic hydroxyl groups excluding tert-OH is 1. The highest BCUT2D eigenvalue weighted by atomic mass is 32.2. The molecule has 0 radical (unpaired) electrons. The van der Waals surface area contributed by atoms with E-state index in [1.807, 2.05) is 0 Å². The zero-order valence-corrected chi connectivity index (χ0v) is 11.2. The van der Waals surface area contributed by atoms with Crippen LogP contribution in [0.4, 0.5) is 5.69 Å². The molecule has 7 heteroatoms. The summed E-state index contributed by atoms with van der Waals surface area (Å²) in [5.74, 6) is 0. The number of nitrogens with one attached hydrogen (secondary N) is 1. The molecule has 0 heterocycles. The van der Waals surface area contributed by atoms with Gasteiger partial charge in [0, 0.05) is 19.3 Å². The highest BCUT2D eigenvalue weighted by molar-refractivity contribution is 7.90. The zero-order chi connectivity index (χ0) is 13.6. The third-order valence-electron chi connectivity index (χ3n) is 2.47. The average molecular weight is 273 g/mol. The highest BCUT2D eigenvalue weighted by Gasteiger charge is 2.16. The molecule has 1 aromatic rings. The Morgan fingerprint density at radius 2 is 1.94 bits per heavy atom. The number of hydrogen-bond acceptors (Lipinski definition) is 4. The van der Waals surface area contributed by atoms with Crippen LogP contribution in [0.3, 0.4) is 0 Å². The Labute approximate surface area is 108 Å². The summed E-state index contributed by atoms with van der Waals surface area (Å²) >= 11 is 0. The smallest absolute Gasteiger partial charge is 0.301 e. The van der Waals surface area contributed by atoms with Gasteiger partial charge < -0.3 is 10.8 Å². The van der Waals surface area contributed by atoms with Crippen molar-refractivity contribution in [1.29, 1.82) is 0 Å². The first-order valence-electron chi connectivity index (χ1n) is 5.63. The van der Waals surface area contributed by atoms with Crippen LogP contribution in [0.25, 0.3) is 0 Å². The molecule has 0 saturated carbocycles. The van der Waals surface area contributed by atoms with Gasteiger partial charge in [-0.05, 0) is 30.7 Å². The van der Waals surface area contributed by atoms with Crippen molar-refractivity contribution in [2.24, 2.45) is 5.73 Å². The van der Waals surface area contributed by atoms with Crippen molar-refractivity contribution in [2.45, 2.75) is 13.0 Å². The van der Waals surface area contributed by atoms with Crippen LogP contribution in [0.15, 0.2) is 24.3 Å². The summed E-state index contributed by atoms with van der Waals surface area (Å²) in [6.45, 7) is 0.759. The first kappa shape index (κ1) is 14.9. The van der Waals surface area contributed by atoms with Crippen LogP contribution in [0, 0.1) is 0 Å². The van der Waals surface area contributed by atoms with E-state index in [0.717, 1.165) is 5.56 Å². The van der Waals surface area contributed by atoms with Crippen molar-refractivity contribution in [3.8, 4) is 0 Å². The maximum atomic E-state index is 11.9. The molecular formula is C11H19N3O3S. The molecule has 0 fully saturated rings. The number of anilines is 1. The van der Waals surface area contributed by atoms with Crippen LogP contribution in [-0.2, 0) is 16.8 Å². The van der Waals surface area contributed by atoms with Gasteiger partial charge in [-0.15, -0.1) is 0 Å². The maximum absolute atomic E-state index is 11.9. The van der Waals surface area contributed by atoms with Crippen molar-refractivity contribution in [1.82, 2.24) is 4.31 Å². The molecule has 0 aliphatic rings. The minimum absolute atomic E-state index is 0.0660. The highest BCUT2D eigenvalue weighted by Crippen LogP contribution is 2.12. The third kappa shape index (κ3) is 4.26. The molecule has 1 rings (SSSR count). The van der Waals surface area contributed by atoms with Gasteiger partial charge in [0.2, 0.25) is 0 Å². The van der Waals surface area contributed by atoms with Gasteiger partial charge >= 0.3 is 10.2 Å². The number of nitrogens with two attached hydrogens (primary N) is 1. The molecule has 0 amide bonds. The standard InChI is InChI=1S/C11H19N3O3S/c1-14(8-2-7-12)18(16,17)13-11-5-3-10(9-15)4-6-11/h3-6,13,15H,2,7-9,12H2,1H3. The second-order valence-corrected chi connectivity index (χ2v) is 5.70. The molecular weight excluding hydrogens is 254 g/mol. The van der Waals surface area contributed by atoms with E-state index in [1.165, 1.54) is 11.4 Å². The number of hydrogen-bond donors (Lipinski definition) is 3. The van der Waals surface area contributed by atoms with Gasteiger partial charge in [0.25, 0.3) is 0 Å². The van der Waals surface area contributed by atoms with E-state index in [2.05, 4.69) is 4.72 Å². The average Bonchev–Trinajstić information content (AvgIpc) is 2.36. The van der Waals surface area contributed by atoms with Gasteiger partial charge in [-0.25, -0.2) is 0 Å². The van der Waals surface area contributed by atoms with Gasteiger partial charge in [0.1, 0.15) is 0 Å². The van der Waals surface area contributed by atoms with Crippen molar-refractivity contribution in [3.05, 3.63) is 29.8 Å². The second-order valence-electron chi connectivity index (χ2n) is 3.93. The lowest BCUT2D eigenvalue weighted by Gasteiger charge is -2.18. The zero-order valence-electron chi connectivity index (χ0n) is 10.3. The summed E-state index contributed by atoms with van der Waals surface area (Å²) < 4.78 is 27.4. The van der Waals surface area contributed by atoms with Crippen LogP contribution in [0.2, 0.25) is 0 Å². The Balaban J connectivity index is 2.69. The minimum Gasteiger partial charge on any atom is -0.392 e. The number of rotatable bonds is 7. The summed E-state index contributed by atoms with van der Waals surface area (Å²) in [5.41, 5.74) is 6.53. The molecule has 0 bridgehead atoms. The second kappa shape index (κ2) is 6.69. The summed E-state index contributed by atoms with van der Waals surface area (Å²) in [4.78, 5) is 0. The Morgan fingerprint density at radius 1 is 1.33 bits per heavy atom. The topological polar surface area (TPSA) is 95.7 Å². The Kier molecular flexibility index (Phi) is 5.54. The molecule has 0 aliphatic carbocycles. The van der Waals surface area contributed by atoms with Crippen LogP contribution >= 0.6 is 0 Å². The van der Waals surface area contributed by atoms with E-state index < -0.39 is 10.2 Å². The van der Waals surface area contributed by atoms with Crippen molar-refractivity contribution >= 4 is 15.9 Å². The molecule has 0 spiro atoms. The SMILES string of the molecule is CN(CCCN)S(=O)(=O)Nc1ccc(CO)cc1. The summed E-state index contributed by atoms with van der Waals surface area (Å²) in [7, 11) is -2.04. The van der Waals surface area contributed by atoms with E-state index in [-0.39, 0.29) is 6.61 Å². The fraction of sp³-hybridized carbons (Fsp3) is 0.455. The number of aliphatic hydroxyl groups is 1. The molecule has 0 saturated heterocycles. The summed E-state index contributed by atoms with van der Waals surface area (Å²) in [6, 6.07) is 6.55. The molecule has 6 nitrogen and oxygen atoms in total. The summed E-state index contributed by atoms with van der Waals surface area (Å²) in [6.07, 6.45) is 0.612. The van der Waals surface area contributed by atoms with Crippen LogP contribution in [-0.4, -0.2) is 38.0 Å². The maximum Gasteiger partial charge on any atom is 0.301 e. The first-order valence-corrected chi connectivity index (χ1v) is 7.07. The molecule has 102 valence electrons. The molecule has 0 unspecified atom stereocenters. The Bertz CT molecular complexity index is 459. The van der Waals surface area contributed by atoms with Gasteiger partial charge in [0.15, 0.2) is 0 Å². The van der Waals surface area contributed by atoms with E-state index in [0.29, 0.717) is 25.2 Å². The van der Waals surface area contributed by atoms with Gasteiger partial charge in [-0.2, -0.15) is 12.7 Å². The van der Waals surface area contributed by atoms with Crippen LogP contribution in [0.5, 0.6) is 0 Å². The lowest BCUT2D eigenvalue weighted by molar-refractivity contribution is 0.282. The Hall–Kier alpha value is -1.15. The minimum atomic E-state index is -3.54. The van der Waals surface area contributed by atoms with E-state index in [4.69, 9.17) is 10.8 Å². The normalized spacial score (nSPS) is 11.8. The van der Waals surface area contributed by atoms with Crippen molar-refractivity contribution in [3.63, 3.8) is 0 Å². The third-order valence-corrected chi connectivity index (χ3v) is 3.97. The molecule has 4 N–H and O–H groups in total. The first-order chi connectivity index (χ1) is 8.49. The largest absolute Gasteiger partial charge is 0.392 e. The molecule has 0 aliphatic heterocycles. The fourth-order valence-electron chi connectivity index (χ4n) is 1.34.